The second-order valence-corrected chi connectivity index (χ2v) is 3.98. The van der Waals surface area contributed by atoms with Gasteiger partial charge in [0.05, 0.1) is 0 Å². The Morgan fingerprint density at radius 2 is 2.27 bits per heavy atom. The third-order valence-electron chi connectivity index (χ3n) is 2.89. The molecular weight excluding hydrogens is 188 g/mol. The summed E-state index contributed by atoms with van der Waals surface area (Å²) < 4.78 is 0. The van der Waals surface area contributed by atoms with Crippen LogP contribution < -0.4 is 11.1 Å². The molecule has 3 heteroatoms. The average Bonchev–Trinajstić information content (AvgIpc) is 2.27. The molecule has 1 aliphatic rings. The minimum atomic E-state index is 0.105. The highest BCUT2D eigenvalue weighted by Crippen LogP contribution is 2.26. The molecule has 1 aliphatic heterocycles. The molecular formula is C12H16N2O. The van der Waals surface area contributed by atoms with E-state index in [9.17, 15) is 4.79 Å². The molecule has 0 fully saturated rings. The first-order valence-corrected chi connectivity index (χ1v) is 5.39. The lowest BCUT2D eigenvalue weighted by Crippen LogP contribution is -2.19. The van der Waals surface area contributed by atoms with Crippen molar-refractivity contribution in [3.8, 4) is 0 Å². The molecule has 3 nitrogen and oxygen atoms in total. The summed E-state index contributed by atoms with van der Waals surface area (Å²) >= 11 is 0. The smallest absolute Gasteiger partial charge is 0.224 e. The summed E-state index contributed by atoms with van der Waals surface area (Å²) in [6.45, 7) is 2.08. The molecule has 0 saturated heterocycles. The van der Waals surface area contributed by atoms with Gasteiger partial charge in [0.2, 0.25) is 5.91 Å². The first-order chi connectivity index (χ1) is 7.20. The Balaban J connectivity index is 2.30. The van der Waals surface area contributed by atoms with Crippen molar-refractivity contribution in [3.63, 3.8) is 0 Å². The van der Waals surface area contributed by atoms with E-state index >= 15 is 0 Å². The number of nitrogens with two attached hydrogens (primary N) is 1. The zero-order chi connectivity index (χ0) is 10.8. The van der Waals surface area contributed by atoms with Crippen LogP contribution in [0.15, 0.2) is 18.2 Å². The van der Waals surface area contributed by atoms with Crippen molar-refractivity contribution in [1.82, 2.24) is 0 Å². The number of nitrogens with one attached hydrogen (secondary N) is 1. The van der Waals surface area contributed by atoms with Crippen LogP contribution in [0.1, 0.15) is 36.9 Å². The molecule has 1 heterocycles. The highest BCUT2D eigenvalue weighted by Gasteiger charge is 2.15. The van der Waals surface area contributed by atoms with Crippen LogP contribution in [0, 0.1) is 0 Å². The van der Waals surface area contributed by atoms with Crippen LogP contribution in [0.3, 0.4) is 0 Å². The van der Waals surface area contributed by atoms with Crippen molar-refractivity contribution in [2.75, 3.05) is 5.32 Å². The highest BCUT2D eigenvalue weighted by molar-refractivity contribution is 5.93. The fourth-order valence-electron chi connectivity index (χ4n) is 1.87. The monoisotopic (exact) mass is 204 g/mol. The summed E-state index contributed by atoms with van der Waals surface area (Å²) in [5.41, 5.74) is 9.27. The number of carbonyl (C=O) groups is 1. The number of anilines is 1. The molecule has 0 spiro atoms. The van der Waals surface area contributed by atoms with Gasteiger partial charge >= 0.3 is 0 Å². The van der Waals surface area contributed by atoms with E-state index in [-0.39, 0.29) is 11.9 Å². The van der Waals surface area contributed by atoms with Gasteiger partial charge in [0, 0.05) is 18.2 Å². The first-order valence-electron chi connectivity index (χ1n) is 5.39. The number of carbonyl (C=O) groups excluding carboxylic acids is 1. The number of amides is 1. The highest BCUT2D eigenvalue weighted by atomic mass is 16.1. The third-order valence-corrected chi connectivity index (χ3v) is 2.89. The van der Waals surface area contributed by atoms with Crippen LogP contribution in [0.5, 0.6) is 0 Å². The summed E-state index contributed by atoms with van der Waals surface area (Å²) in [4.78, 5) is 11.2. The molecule has 0 aliphatic carbocycles. The minimum absolute atomic E-state index is 0.105. The van der Waals surface area contributed by atoms with Gasteiger partial charge in [0.25, 0.3) is 0 Å². The SMILES string of the molecule is CC[C@@H](N)c1ccc2c(c1)CCC(=O)N2. The molecule has 3 N–H and O–H groups in total. The minimum Gasteiger partial charge on any atom is -0.326 e. The van der Waals surface area contributed by atoms with E-state index in [0.717, 1.165) is 24.1 Å². The van der Waals surface area contributed by atoms with Gasteiger partial charge < -0.3 is 11.1 Å². The van der Waals surface area contributed by atoms with Gasteiger partial charge in [-0.1, -0.05) is 19.1 Å². The number of rotatable bonds is 2. The molecule has 80 valence electrons. The lowest BCUT2D eigenvalue weighted by molar-refractivity contribution is -0.116. The second kappa shape index (κ2) is 4.03. The van der Waals surface area contributed by atoms with Crippen LogP contribution in [0.4, 0.5) is 5.69 Å². The summed E-state index contributed by atoms with van der Waals surface area (Å²) in [7, 11) is 0. The van der Waals surface area contributed by atoms with E-state index in [1.165, 1.54) is 5.56 Å². The van der Waals surface area contributed by atoms with Gasteiger partial charge in [-0.15, -0.1) is 0 Å². The Morgan fingerprint density at radius 1 is 1.47 bits per heavy atom. The van der Waals surface area contributed by atoms with Crippen molar-refractivity contribution in [2.24, 2.45) is 5.73 Å². The second-order valence-electron chi connectivity index (χ2n) is 3.98. The first kappa shape index (κ1) is 10.2. The fraction of sp³-hybridized carbons (Fsp3) is 0.417. The molecule has 1 atom stereocenters. The number of hydrogen-bond donors (Lipinski definition) is 2. The Hall–Kier alpha value is -1.35. The number of aryl methyl sites for hydroxylation is 1. The maximum absolute atomic E-state index is 11.2. The van der Waals surface area contributed by atoms with Crippen molar-refractivity contribution in [1.29, 1.82) is 0 Å². The summed E-state index contributed by atoms with van der Waals surface area (Å²) in [5.74, 6) is 0.107. The quantitative estimate of drug-likeness (QED) is 0.774. The fourth-order valence-corrected chi connectivity index (χ4v) is 1.87. The van der Waals surface area contributed by atoms with Gasteiger partial charge in [-0.3, -0.25) is 4.79 Å². The molecule has 1 amide bonds. The van der Waals surface area contributed by atoms with Crippen molar-refractivity contribution in [3.05, 3.63) is 29.3 Å². The molecule has 15 heavy (non-hydrogen) atoms. The molecule has 0 bridgehead atoms. The maximum Gasteiger partial charge on any atom is 0.224 e. The average molecular weight is 204 g/mol. The topological polar surface area (TPSA) is 55.1 Å². The predicted molar refractivity (Wildman–Crippen MR) is 60.6 cm³/mol. The van der Waals surface area contributed by atoms with Crippen LogP contribution in [0.2, 0.25) is 0 Å². The Bertz CT molecular complexity index is 387. The largest absolute Gasteiger partial charge is 0.326 e. The molecule has 0 aromatic heterocycles. The standard InChI is InChI=1S/C12H16N2O/c1-2-10(13)8-3-5-11-9(7-8)4-6-12(15)14-11/h3,5,7,10H,2,4,6,13H2,1H3,(H,14,15)/t10-/m1/s1. The number of fused-ring (bicyclic) bond motifs is 1. The van der Waals surface area contributed by atoms with E-state index in [1.54, 1.807) is 0 Å². The van der Waals surface area contributed by atoms with E-state index in [4.69, 9.17) is 5.73 Å². The molecule has 2 rings (SSSR count). The van der Waals surface area contributed by atoms with E-state index < -0.39 is 0 Å². The summed E-state index contributed by atoms with van der Waals surface area (Å²) in [5, 5.41) is 2.86. The van der Waals surface area contributed by atoms with Gasteiger partial charge in [-0.2, -0.15) is 0 Å². The van der Waals surface area contributed by atoms with Crippen molar-refractivity contribution < 1.29 is 4.79 Å². The number of hydrogen-bond acceptors (Lipinski definition) is 2. The number of benzene rings is 1. The predicted octanol–water partition coefficient (Wildman–Crippen LogP) is 1.98. The molecule has 0 saturated carbocycles. The lowest BCUT2D eigenvalue weighted by Gasteiger charge is -2.19. The van der Waals surface area contributed by atoms with Crippen LogP contribution >= 0.6 is 0 Å². The molecule has 0 radical (unpaired) electrons. The Kier molecular flexibility index (Phi) is 2.73. The van der Waals surface area contributed by atoms with Gasteiger partial charge in [-0.05, 0) is 30.0 Å². The molecule has 0 unspecified atom stereocenters. The lowest BCUT2D eigenvalue weighted by atomic mass is 9.97. The summed E-state index contributed by atoms with van der Waals surface area (Å²) in [6, 6.07) is 6.17. The maximum atomic E-state index is 11.2. The Morgan fingerprint density at radius 3 is 3.00 bits per heavy atom. The summed E-state index contributed by atoms with van der Waals surface area (Å²) in [6.07, 6.45) is 2.34. The van der Waals surface area contributed by atoms with Gasteiger partial charge in [0.1, 0.15) is 0 Å². The van der Waals surface area contributed by atoms with E-state index in [1.807, 2.05) is 12.1 Å². The van der Waals surface area contributed by atoms with Crippen LogP contribution in [0.25, 0.3) is 0 Å². The third kappa shape index (κ3) is 2.02. The normalized spacial score (nSPS) is 16.8. The molecule has 1 aromatic carbocycles. The van der Waals surface area contributed by atoms with Gasteiger partial charge in [-0.25, -0.2) is 0 Å². The zero-order valence-corrected chi connectivity index (χ0v) is 8.92. The van der Waals surface area contributed by atoms with E-state index in [2.05, 4.69) is 18.3 Å². The van der Waals surface area contributed by atoms with Crippen molar-refractivity contribution >= 4 is 11.6 Å². The van der Waals surface area contributed by atoms with Crippen LogP contribution in [-0.2, 0) is 11.2 Å². The van der Waals surface area contributed by atoms with Crippen LogP contribution in [-0.4, -0.2) is 5.91 Å². The van der Waals surface area contributed by atoms with Crippen molar-refractivity contribution in [2.45, 2.75) is 32.2 Å². The zero-order valence-electron chi connectivity index (χ0n) is 8.92. The van der Waals surface area contributed by atoms with E-state index in [0.29, 0.717) is 6.42 Å². The Labute approximate surface area is 89.7 Å². The molecule has 1 aromatic rings. The van der Waals surface area contributed by atoms with Gasteiger partial charge in [0.15, 0.2) is 0 Å².